The van der Waals surface area contributed by atoms with E-state index >= 15 is 0 Å². The van der Waals surface area contributed by atoms with Gasteiger partial charge >= 0.3 is 6.18 Å². The highest BCUT2D eigenvalue weighted by Crippen LogP contribution is 2.34. The number of amides is 2. The number of hydrogen-bond acceptors (Lipinski definition) is 5. The Morgan fingerprint density at radius 2 is 1.79 bits per heavy atom. The predicted molar refractivity (Wildman–Crippen MR) is 158 cm³/mol. The Morgan fingerprint density at radius 1 is 1.10 bits per heavy atom. The van der Waals surface area contributed by atoms with E-state index in [-0.39, 0.29) is 48.8 Å². The number of carbonyl (C=O) groups excluding carboxylic acids is 2. The van der Waals surface area contributed by atoms with Gasteiger partial charge in [-0.2, -0.15) is 13.2 Å². The van der Waals surface area contributed by atoms with Gasteiger partial charge < -0.3 is 25.6 Å². The highest BCUT2D eigenvalue weighted by Gasteiger charge is 2.33. The van der Waals surface area contributed by atoms with Gasteiger partial charge in [-0.1, -0.05) is 31.2 Å². The third kappa shape index (κ3) is 8.04. The molecule has 0 saturated carbocycles. The molecule has 2 fully saturated rings. The standard InChI is InChI=1S/C32H43F3N4O3/c1-5-39(26-10-12-42-13-11-26)29-16-25(24-8-6-23(7-9-24)17-36-19-32(33,34)35)15-27(22(29)4)30(40)37-18-28-20(2)14-21(3)38-31(28)41/h6-9,15-16,20-21,26,28,36H,5,10-14,17-19H2,1-4H3,(H,37,40)(H,38,41). The lowest BCUT2D eigenvalue weighted by atomic mass is 9.84. The van der Waals surface area contributed by atoms with Crippen LogP contribution in [0, 0.1) is 18.8 Å². The fraction of sp³-hybridized carbons (Fsp3) is 0.562. The van der Waals surface area contributed by atoms with Crippen LogP contribution in [-0.4, -0.2) is 62.9 Å². The molecule has 0 radical (unpaired) electrons. The second-order valence-electron chi connectivity index (χ2n) is 11.7. The number of nitrogens with one attached hydrogen (secondary N) is 3. The number of carbonyl (C=O) groups is 2. The van der Waals surface area contributed by atoms with E-state index in [0.717, 1.165) is 53.7 Å². The van der Waals surface area contributed by atoms with Crippen LogP contribution in [0.2, 0.25) is 0 Å². The maximum Gasteiger partial charge on any atom is 0.401 e. The molecule has 7 nitrogen and oxygen atoms in total. The van der Waals surface area contributed by atoms with Gasteiger partial charge in [0.2, 0.25) is 5.91 Å². The van der Waals surface area contributed by atoms with Crippen molar-refractivity contribution in [1.29, 1.82) is 0 Å². The maximum absolute atomic E-state index is 13.7. The molecule has 2 saturated heterocycles. The molecule has 2 aliphatic heterocycles. The summed E-state index contributed by atoms with van der Waals surface area (Å²) in [6.45, 7) is 9.56. The van der Waals surface area contributed by atoms with E-state index in [2.05, 4.69) is 33.8 Å². The molecular weight excluding hydrogens is 545 g/mol. The molecule has 42 heavy (non-hydrogen) atoms. The predicted octanol–water partition coefficient (Wildman–Crippen LogP) is 5.21. The van der Waals surface area contributed by atoms with Crippen LogP contribution in [0.15, 0.2) is 36.4 Å². The van der Waals surface area contributed by atoms with E-state index < -0.39 is 12.7 Å². The second kappa shape index (κ2) is 13.9. The van der Waals surface area contributed by atoms with Crippen molar-refractivity contribution in [3.05, 3.63) is 53.1 Å². The molecule has 0 bridgehead atoms. The molecule has 10 heteroatoms. The van der Waals surface area contributed by atoms with Crippen molar-refractivity contribution in [2.75, 3.05) is 37.7 Å². The zero-order valence-corrected chi connectivity index (χ0v) is 24.9. The van der Waals surface area contributed by atoms with Crippen molar-refractivity contribution in [2.24, 2.45) is 11.8 Å². The molecule has 3 unspecified atom stereocenters. The summed E-state index contributed by atoms with van der Waals surface area (Å²) in [5.41, 5.74) is 4.83. The van der Waals surface area contributed by atoms with Crippen molar-refractivity contribution in [2.45, 2.75) is 71.8 Å². The van der Waals surface area contributed by atoms with E-state index in [0.29, 0.717) is 18.8 Å². The van der Waals surface area contributed by atoms with Crippen LogP contribution >= 0.6 is 0 Å². The fourth-order valence-corrected chi connectivity index (χ4v) is 6.17. The van der Waals surface area contributed by atoms with Crippen molar-refractivity contribution >= 4 is 17.5 Å². The minimum atomic E-state index is -4.26. The number of alkyl halides is 3. The summed E-state index contributed by atoms with van der Waals surface area (Å²) >= 11 is 0. The van der Waals surface area contributed by atoms with Crippen LogP contribution in [0.1, 0.15) is 61.5 Å². The van der Waals surface area contributed by atoms with Crippen LogP contribution in [0.4, 0.5) is 18.9 Å². The SMILES string of the molecule is CCN(c1cc(-c2ccc(CNCC(F)(F)F)cc2)cc(C(=O)NCC2C(=O)NC(C)CC2C)c1C)C1CCOCC1. The quantitative estimate of drug-likeness (QED) is 0.355. The molecule has 2 aromatic carbocycles. The lowest BCUT2D eigenvalue weighted by Crippen LogP contribution is -2.50. The first-order chi connectivity index (χ1) is 20.0. The molecule has 2 aliphatic rings. The Balaban J connectivity index is 1.62. The average molecular weight is 589 g/mol. The molecular formula is C32H43F3N4O3. The largest absolute Gasteiger partial charge is 0.401 e. The lowest BCUT2D eigenvalue weighted by molar-refractivity contribution is -0.129. The Morgan fingerprint density at radius 3 is 2.40 bits per heavy atom. The summed E-state index contributed by atoms with van der Waals surface area (Å²) in [6.07, 6.45) is -1.61. The highest BCUT2D eigenvalue weighted by atomic mass is 19.4. The normalized spacial score (nSPS) is 21.6. The minimum Gasteiger partial charge on any atom is -0.381 e. The molecule has 0 aliphatic carbocycles. The van der Waals surface area contributed by atoms with Crippen molar-refractivity contribution in [1.82, 2.24) is 16.0 Å². The monoisotopic (exact) mass is 588 g/mol. The topological polar surface area (TPSA) is 82.7 Å². The van der Waals surface area contributed by atoms with Gasteiger partial charge in [0.05, 0.1) is 12.5 Å². The molecule has 0 spiro atoms. The van der Waals surface area contributed by atoms with Crippen LogP contribution < -0.4 is 20.9 Å². The van der Waals surface area contributed by atoms with Crippen molar-refractivity contribution < 1.29 is 27.5 Å². The molecule has 2 aromatic rings. The summed E-state index contributed by atoms with van der Waals surface area (Å²) in [4.78, 5) is 28.6. The number of rotatable bonds is 10. The van der Waals surface area contributed by atoms with E-state index in [1.165, 1.54) is 0 Å². The first-order valence-corrected chi connectivity index (χ1v) is 14.9. The Bertz CT molecular complexity index is 1230. The van der Waals surface area contributed by atoms with E-state index in [1.54, 1.807) is 12.1 Å². The molecule has 0 aromatic heterocycles. The molecule has 230 valence electrons. The van der Waals surface area contributed by atoms with Gasteiger partial charge in [-0.25, -0.2) is 0 Å². The van der Waals surface area contributed by atoms with Crippen molar-refractivity contribution in [3.63, 3.8) is 0 Å². The Kier molecular flexibility index (Phi) is 10.5. The zero-order chi connectivity index (χ0) is 30.4. The molecule has 4 rings (SSSR count). The average Bonchev–Trinajstić information content (AvgIpc) is 2.94. The van der Waals surface area contributed by atoms with Crippen molar-refractivity contribution in [3.8, 4) is 11.1 Å². The summed E-state index contributed by atoms with van der Waals surface area (Å²) < 4.78 is 43.2. The van der Waals surface area contributed by atoms with Gasteiger partial charge in [-0.3, -0.25) is 9.59 Å². The third-order valence-electron chi connectivity index (χ3n) is 8.47. The first kappa shape index (κ1) is 31.8. The molecule has 2 heterocycles. The van der Waals surface area contributed by atoms with Gasteiger partial charge in [0.25, 0.3) is 5.91 Å². The smallest absolute Gasteiger partial charge is 0.381 e. The summed E-state index contributed by atoms with van der Waals surface area (Å²) in [5.74, 6) is -0.398. The number of hydrogen-bond donors (Lipinski definition) is 3. The number of halogens is 3. The molecule has 3 atom stereocenters. The number of piperidine rings is 1. The zero-order valence-electron chi connectivity index (χ0n) is 24.9. The minimum absolute atomic E-state index is 0.0331. The second-order valence-corrected chi connectivity index (χ2v) is 11.7. The van der Waals surface area contributed by atoms with E-state index in [9.17, 15) is 22.8 Å². The van der Waals surface area contributed by atoms with Crippen LogP contribution in [0.25, 0.3) is 11.1 Å². The summed E-state index contributed by atoms with van der Waals surface area (Å²) in [6, 6.07) is 11.7. The third-order valence-corrected chi connectivity index (χ3v) is 8.47. The Hall–Kier alpha value is -3.11. The fourth-order valence-electron chi connectivity index (χ4n) is 6.17. The van der Waals surface area contributed by atoms with Gasteiger partial charge in [0, 0.05) is 56.2 Å². The summed E-state index contributed by atoms with van der Waals surface area (Å²) in [7, 11) is 0. The van der Waals surface area contributed by atoms with Crippen LogP contribution in [-0.2, 0) is 16.1 Å². The molecule has 3 N–H and O–H groups in total. The number of benzene rings is 2. The number of ether oxygens (including phenoxy) is 1. The summed E-state index contributed by atoms with van der Waals surface area (Å²) in [5, 5.41) is 8.45. The van der Waals surface area contributed by atoms with Gasteiger partial charge in [-0.15, -0.1) is 0 Å². The lowest BCUT2D eigenvalue weighted by Gasteiger charge is -2.37. The first-order valence-electron chi connectivity index (χ1n) is 14.9. The van der Waals surface area contributed by atoms with E-state index in [1.807, 2.05) is 39.0 Å². The van der Waals surface area contributed by atoms with Gasteiger partial charge in [0.1, 0.15) is 0 Å². The van der Waals surface area contributed by atoms with E-state index in [4.69, 9.17) is 4.74 Å². The maximum atomic E-state index is 13.7. The van der Waals surface area contributed by atoms with Crippen LogP contribution in [0.5, 0.6) is 0 Å². The number of nitrogens with zero attached hydrogens (tertiary/aromatic N) is 1. The molecule has 2 amide bonds. The number of anilines is 1. The highest BCUT2D eigenvalue weighted by molar-refractivity contribution is 5.99. The van der Waals surface area contributed by atoms with Crippen LogP contribution in [0.3, 0.4) is 0 Å². The van der Waals surface area contributed by atoms with Gasteiger partial charge in [-0.05, 0) is 80.3 Å². The van der Waals surface area contributed by atoms with Gasteiger partial charge in [0.15, 0.2) is 0 Å². The Labute approximate surface area is 246 Å².